The van der Waals surface area contributed by atoms with Gasteiger partial charge in [0.25, 0.3) is 11.8 Å². The lowest BCUT2D eigenvalue weighted by molar-refractivity contribution is -0.159. The van der Waals surface area contributed by atoms with Crippen LogP contribution in [0.5, 0.6) is 0 Å². The van der Waals surface area contributed by atoms with Gasteiger partial charge in [0, 0.05) is 32.4 Å². The van der Waals surface area contributed by atoms with Gasteiger partial charge < -0.3 is 19.3 Å². The second kappa shape index (κ2) is 7.36. The summed E-state index contributed by atoms with van der Waals surface area (Å²) in [7, 11) is 0. The minimum absolute atomic E-state index is 0.0118. The molecule has 1 aromatic carbocycles. The molecule has 10 nitrogen and oxygen atoms in total. The summed E-state index contributed by atoms with van der Waals surface area (Å²) in [6.45, 7) is 6.19. The van der Waals surface area contributed by atoms with Crippen molar-refractivity contribution in [1.29, 1.82) is 0 Å². The number of benzene rings is 1. The smallest absolute Gasteiger partial charge is 0.410 e. The van der Waals surface area contributed by atoms with Crippen molar-refractivity contribution in [2.45, 2.75) is 51.2 Å². The fraction of sp³-hybridized carbons (Fsp3) is 0.476. The molecule has 0 atom stereocenters. The van der Waals surface area contributed by atoms with Crippen molar-refractivity contribution in [2.24, 2.45) is 5.16 Å². The lowest BCUT2D eigenvalue weighted by atomic mass is 9.87. The maximum Gasteiger partial charge on any atom is 0.410 e. The Hall–Kier alpha value is -3.43. The molecule has 3 amide bonds. The monoisotopic (exact) mass is 429 g/mol. The highest BCUT2D eigenvalue weighted by Gasteiger charge is 2.47. The van der Waals surface area contributed by atoms with Crippen molar-refractivity contribution < 1.29 is 33.6 Å². The average Bonchev–Trinajstić information content (AvgIpc) is 3.23. The van der Waals surface area contributed by atoms with Gasteiger partial charge in [-0.3, -0.25) is 9.59 Å². The van der Waals surface area contributed by atoms with Crippen molar-refractivity contribution in [3.63, 3.8) is 0 Å². The van der Waals surface area contributed by atoms with E-state index in [1.54, 1.807) is 37.8 Å². The highest BCUT2D eigenvalue weighted by molar-refractivity contribution is 6.37. The largest absolute Gasteiger partial charge is 0.444 e. The Morgan fingerprint density at radius 3 is 2.19 bits per heavy atom. The molecule has 0 aromatic heterocycles. The fourth-order valence-electron chi connectivity index (χ4n) is 3.71. The molecule has 0 aliphatic carbocycles. The average molecular weight is 429 g/mol. The van der Waals surface area contributed by atoms with Crippen LogP contribution >= 0.6 is 0 Å². The van der Waals surface area contributed by atoms with Crippen LogP contribution in [0.15, 0.2) is 29.4 Å². The summed E-state index contributed by atoms with van der Waals surface area (Å²) in [5, 5.41) is 4.29. The van der Waals surface area contributed by atoms with E-state index in [9.17, 15) is 19.2 Å². The second-order valence-corrected chi connectivity index (χ2v) is 8.79. The van der Waals surface area contributed by atoms with E-state index in [4.69, 9.17) is 14.4 Å². The zero-order valence-corrected chi connectivity index (χ0v) is 17.5. The molecule has 3 aliphatic heterocycles. The topological polar surface area (TPSA) is 115 Å². The van der Waals surface area contributed by atoms with Crippen LogP contribution in [0.3, 0.4) is 0 Å². The number of hydroxylamine groups is 2. The number of piperidine rings is 1. The maximum atomic E-state index is 12.5. The van der Waals surface area contributed by atoms with Crippen molar-refractivity contribution in [3.8, 4) is 0 Å². The third kappa shape index (κ3) is 3.97. The van der Waals surface area contributed by atoms with Crippen LogP contribution < -0.4 is 0 Å². The SMILES string of the molecule is CC(C)(C)OC(=O)N1CCC2(CC1)CC(C(=O)ON1C(=O)c3ccccc3C1=O)=NO2. The molecular weight excluding hydrogens is 406 g/mol. The number of carbonyl (C=O) groups is 4. The molecule has 1 aromatic rings. The molecule has 1 fully saturated rings. The van der Waals surface area contributed by atoms with Gasteiger partial charge in [-0.05, 0) is 32.9 Å². The van der Waals surface area contributed by atoms with E-state index in [1.165, 1.54) is 12.1 Å². The molecule has 0 saturated carbocycles. The summed E-state index contributed by atoms with van der Waals surface area (Å²) in [6.07, 6.45) is 0.683. The Kier molecular flexibility index (Phi) is 4.95. The molecule has 0 radical (unpaired) electrons. The first-order chi connectivity index (χ1) is 14.6. The Bertz CT molecular complexity index is 952. The van der Waals surface area contributed by atoms with Crippen LogP contribution in [-0.4, -0.2) is 63.8 Å². The summed E-state index contributed by atoms with van der Waals surface area (Å²) in [5.74, 6) is -2.32. The Balaban J connectivity index is 1.33. The van der Waals surface area contributed by atoms with E-state index in [0.29, 0.717) is 31.0 Å². The number of rotatable bonds is 2. The number of fused-ring (bicyclic) bond motifs is 1. The summed E-state index contributed by atoms with van der Waals surface area (Å²) < 4.78 is 5.38. The van der Waals surface area contributed by atoms with Crippen LogP contribution in [0, 0.1) is 0 Å². The van der Waals surface area contributed by atoms with Crippen molar-refractivity contribution >= 4 is 29.6 Å². The van der Waals surface area contributed by atoms with E-state index in [-0.39, 0.29) is 23.3 Å². The van der Waals surface area contributed by atoms with Gasteiger partial charge in [0.1, 0.15) is 11.2 Å². The van der Waals surface area contributed by atoms with Gasteiger partial charge in [-0.25, -0.2) is 9.59 Å². The number of nitrogens with zero attached hydrogens (tertiary/aromatic N) is 3. The molecule has 1 spiro atoms. The van der Waals surface area contributed by atoms with Gasteiger partial charge in [-0.2, -0.15) is 0 Å². The van der Waals surface area contributed by atoms with Gasteiger partial charge in [0.05, 0.1) is 11.1 Å². The van der Waals surface area contributed by atoms with Crippen LogP contribution in [0.2, 0.25) is 0 Å². The van der Waals surface area contributed by atoms with Gasteiger partial charge in [-0.1, -0.05) is 22.4 Å². The number of amides is 3. The number of hydrogen-bond acceptors (Lipinski definition) is 8. The van der Waals surface area contributed by atoms with Crippen molar-refractivity contribution in [1.82, 2.24) is 9.96 Å². The first-order valence-electron chi connectivity index (χ1n) is 10.0. The molecule has 31 heavy (non-hydrogen) atoms. The van der Waals surface area contributed by atoms with E-state index < -0.39 is 35.1 Å². The van der Waals surface area contributed by atoms with Crippen molar-refractivity contribution in [2.75, 3.05) is 13.1 Å². The molecule has 1 saturated heterocycles. The Labute approximate surface area is 178 Å². The predicted molar refractivity (Wildman–Crippen MR) is 106 cm³/mol. The number of carbonyl (C=O) groups excluding carboxylic acids is 4. The van der Waals surface area contributed by atoms with Gasteiger partial charge in [0.15, 0.2) is 5.71 Å². The zero-order valence-electron chi connectivity index (χ0n) is 17.5. The molecule has 0 unspecified atom stereocenters. The third-order valence-corrected chi connectivity index (χ3v) is 5.33. The number of imide groups is 1. The lowest BCUT2D eigenvalue weighted by Crippen LogP contribution is -2.48. The quantitative estimate of drug-likeness (QED) is 0.663. The lowest BCUT2D eigenvalue weighted by Gasteiger charge is -2.37. The maximum absolute atomic E-state index is 12.5. The predicted octanol–water partition coefficient (Wildman–Crippen LogP) is 2.29. The summed E-state index contributed by atoms with van der Waals surface area (Å²) in [6, 6.07) is 6.23. The Morgan fingerprint density at radius 1 is 1.06 bits per heavy atom. The molecule has 3 aliphatic rings. The number of oxime groups is 1. The molecule has 10 heteroatoms. The normalized spacial score (nSPS) is 19.8. The number of hydrogen-bond donors (Lipinski definition) is 0. The molecule has 4 rings (SSSR count). The summed E-state index contributed by atoms with van der Waals surface area (Å²) in [4.78, 5) is 61.7. The minimum Gasteiger partial charge on any atom is -0.444 e. The van der Waals surface area contributed by atoms with Gasteiger partial charge >= 0.3 is 12.1 Å². The molecule has 3 heterocycles. The Morgan fingerprint density at radius 2 is 1.65 bits per heavy atom. The van der Waals surface area contributed by atoms with Crippen LogP contribution in [-0.2, 0) is 19.2 Å². The number of likely N-dealkylation sites (tertiary alicyclic amines) is 1. The standard InChI is InChI=1S/C21H23N3O7/c1-20(2,3)29-19(28)23-10-8-21(9-11-23)12-15(22-31-21)18(27)30-24-16(25)13-6-4-5-7-14(13)17(24)26/h4-7H,8-12H2,1-3H3. The molecular formula is C21H23N3O7. The highest BCUT2D eigenvalue weighted by Crippen LogP contribution is 2.35. The van der Waals surface area contributed by atoms with E-state index in [0.717, 1.165) is 0 Å². The molecule has 164 valence electrons. The fourth-order valence-corrected chi connectivity index (χ4v) is 3.71. The van der Waals surface area contributed by atoms with Crippen LogP contribution in [0.1, 0.15) is 60.7 Å². The van der Waals surface area contributed by atoms with Crippen LogP contribution in [0.4, 0.5) is 4.79 Å². The third-order valence-electron chi connectivity index (χ3n) is 5.33. The summed E-state index contributed by atoms with van der Waals surface area (Å²) >= 11 is 0. The van der Waals surface area contributed by atoms with Crippen LogP contribution in [0.25, 0.3) is 0 Å². The van der Waals surface area contributed by atoms with E-state index >= 15 is 0 Å². The van der Waals surface area contributed by atoms with Gasteiger partial charge in [0.2, 0.25) is 0 Å². The van der Waals surface area contributed by atoms with E-state index in [2.05, 4.69) is 5.16 Å². The van der Waals surface area contributed by atoms with E-state index in [1.807, 2.05) is 0 Å². The summed E-state index contributed by atoms with van der Waals surface area (Å²) in [5.41, 5.74) is -0.969. The van der Waals surface area contributed by atoms with Crippen molar-refractivity contribution in [3.05, 3.63) is 35.4 Å². The zero-order chi connectivity index (χ0) is 22.4. The highest BCUT2D eigenvalue weighted by atomic mass is 16.7. The molecule has 0 bridgehead atoms. The second-order valence-electron chi connectivity index (χ2n) is 8.79. The first-order valence-corrected chi connectivity index (χ1v) is 10.0. The first kappa shape index (κ1) is 20.8. The number of ether oxygens (including phenoxy) is 1. The minimum atomic E-state index is -0.916. The molecule has 0 N–H and O–H groups in total. The van der Waals surface area contributed by atoms with Gasteiger partial charge in [-0.15, -0.1) is 0 Å².